The third kappa shape index (κ3) is 1.67. The van der Waals surface area contributed by atoms with E-state index in [0.29, 0.717) is 12.1 Å². The van der Waals surface area contributed by atoms with Crippen molar-refractivity contribution in [2.75, 3.05) is 11.9 Å². The van der Waals surface area contributed by atoms with Crippen LogP contribution >= 0.6 is 0 Å². The molecule has 2 aromatic heterocycles. The number of nitrogens with one attached hydrogen (secondary N) is 1. The van der Waals surface area contributed by atoms with Gasteiger partial charge in [0, 0.05) is 25.3 Å². The van der Waals surface area contributed by atoms with Crippen LogP contribution in [0.3, 0.4) is 0 Å². The Morgan fingerprint density at radius 2 is 2.18 bits per heavy atom. The number of anilines is 1. The van der Waals surface area contributed by atoms with Crippen LogP contribution in [0.2, 0.25) is 0 Å². The Labute approximate surface area is 100 Å². The Morgan fingerprint density at radius 3 is 2.88 bits per heavy atom. The number of rotatable bonds is 2. The number of H-pyrrole nitrogens is 1. The summed E-state index contributed by atoms with van der Waals surface area (Å²) in [5.74, 6) is 1.80. The van der Waals surface area contributed by atoms with Gasteiger partial charge in [0.05, 0.1) is 5.39 Å². The molecule has 0 bridgehead atoms. The Balaban J connectivity index is 2.01. The van der Waals surface area contributed by atoms with Crippen LogP contribution in [0, 0.1) is 6.92 Å². The van der Waals surface area contributed by atoms with Gasteiger partial charge in [0.1, 0.15) is 17.3 Å². The lowest BCUT2D eigenvalue weighted by atomic mass is 9.86. The molecule has 1 aliphatic carbocycles. The van der Waals surface area contributed by atoms with Crippen LogP contribution in [0.15, 0.2) is 12.3 Å². The summed E-state index contributed by atoms with van der Waals surface area (Å²) < 4.78 is 0. The molecule has 2 aromatic rings. The van der Waals surface area contributed by atoms with E-state index in [9.17, 15) is 0 Å². The van der Waals surface area contributed by atoms with E-state index in [1.54, 1.807) is 0 Å². The maximum atomic E-state index is 5.84. The van der Waals surface area contributed by atoms with E-state index in [-0.39, 0.29) is 0 Å². The van der Waals surface area contributed by atoms with Crippen molar-refractivity contribution in [3.8, 4) is 0 Å². The average molecular weight is 231 g/mol. The van der Waals surface area contributed by atoms with E-state index in [0.717, 1.165) is 35.5 Å². The van der Waals surface area contributed by atoms with Gasteiger partial charge >= 0.3 is 0 Å². The van der Waals surface area contributed by atoms with Crippen molar-refractivity contribution in [3.05, 3.63) is 18.1 Å². The van der Waals surface area contributed by atoms with Crippen molar-refractivity contribution in [1.29, 1.82) is 0 Å². The van der Waals surface area contributed by atoms with Gasteiger partial charge in [-0.2, -0.15) is 0 Å². The summed E-state index contributed by atoms with van der Waals surface area (Å²) in [4.78, 5) is 14.3. The number of hydrogen-bond acceptors (Lipinski definition) is 4. The van der Waals surface area contributed by atoms with Crippen molar-refractivity contribution < 1.29 is 0 Å². The van der Waals surface area contributed by atoms with E-state index in [1.807, 2.05) is 19.2 Å². The highest BCUT2D eigenvalue weighted by Crippen LogP contribution is 2.30. The van der Waals surface area contributed by atoms with Crippen molar-refractivity contribution in [3.63, 3.8) is 0 Å². The van der Waals surface area contributed by atoms with E-state index < -0.39 is 0 Å². The van der Waals surface area contributed by atoms with Crippen LogP contribution in [0.25, 0.3) is 11.0 Å². The molecule has 0 unspecified atom stereocenters. The number of aromatic amines is 1. The molecule has 0 amide bonds. The van der Waals surface area contributed by atoms with Crippen molar-refractivity contribution in [2.45, 2.75) is 31.8 Å². The molecule has 0 aliphatic heterocycles. The standard InChI is InChI=1S/C12H17N5/c1-7-15-11-10(3-4-14-11)12(16-7)17(2)9-5-8(13)6-9/h3-4,8-9H,5-6,13H2,1-2H3,(H,14,15,16). The lowest BCUT2D eigenvalue weighted by Crippen LogP contribution is -2.49. The SMILES string of the molecule is Cc1nc(N(C)C2CC(N)C2)c2cc[nH]c2n1. The molecule has 1 fully saturated rings. The molecule has 17 heavy (non-hydrogen) atoms. The van der Waals surface area contributed by atoms with Gasteiger partial charge in [-0.1, -0.05) is 0 Å². The maximum absolute atomic E-state index is 5.84. The fraction of sp³-hybridized carbons (Fsp3) is 0.500. The molecule has 3 N–H and O–H groups in total. The quantitative estimate of drug-likeness (QED) is 0.814. The minimum Gasteiger partial charge on any atom is -0.356 e. The molecule has 0 spiro atoms. The highest BCUT2D eigenvalue weighted by Gasteiger charge is 2.30. The Bertz CT molecular complexity index is 541. The molecular formula is C12H17N5. The molecule has 1 saturated carbocycles. The molecule has 2 heterocycles. The third-order valence-electron chi connectivity index (χ3n) is 3.54. The number of nitrogens with two attached hydrogens (primary N) is 1. The van der Waals surface area contributed by atoms with Crippen molar-refractivity contribution in [2.24, 2.45) is 5.73 Å². The summed E-state index contributed by atoms with van der Waals surface area (Å²) in [6.07, 6.45) is 4.00. The normalized spacial score (nSPS) is 23.7. The molecule has 0 saturated heterocycles. The summed E-state index contributed by atoms with van der Waals surface area (Å²) in [7, 11) is 2.09. The van der Waals surface area contributed by atoms with Gasteiger partial charge in [0.2, 0.25) is 0 Å². The lowest BCUT2D eigenvalue weighted by molar-refractivity contribution is 0.339. The monoisotopic (exact) mass is 231 g/mol. The molecule has 3 rings (SSSR count). The minimum absolute atomic E-state index is 0.354. The molecular weight excluding hydrogens is 214 g/mol. The smallest absolute Gasteiger partial charge is 0.143 e. The van der Waals surface area contributed by atoms with Crippen LogP contribution in [0.1, 0.15) is 18.7 Å². The Morgan fingerprint density at radius 1 is 1.41 bits per heavy atom. The Kier molecular flexibility index (Phi) is 2.29. The van der Waals surface area contributed by atoms with Gasteiger partial charge in [-0.15, -0.1) is 0 Å². The van der Waals surface area contributed by atoms with Gasteiger partial charge in [-0.25, -0.2) is 9.97 Å². The number of aromatic nitrogens is 3. The zero-order valence-corrected chi connectivity index (χ0v) is 10.1. The highest BCUT2D eigenvalue weighted by atomic mass is 15.2. The molecule has 0 atom stereocenters. The van der Waals surface area contributed by atoms with E-state index in [1.165, 1.54) is 0 Å². The first kappa shape index (κ1) is 10.5. The Hall–Kier alpha value is -1.62. The second kappa shape index (κ2) is 3.70. The molecule has 5 heteroatoms. The van der Waals surface area contributed by atoms with Gasteiger partial charge in [0.25, 0.3) is 0 Å². The van der Waals surface area contributed by atoms with Crippen LogP contribution in [-0.4, -0.2) is 34.1 Å². The van der Waals surface area contributed by atoms with Gasteiger partial charge in [0.15, 0.2) is 0 Å². The minimum atomic E-state index is 0.354. The fourth-order valence-corrected chi connectivity index (χ4v) is 2.42. The zero-order valence-electron chi connectivity index (χ0n) is 10.1. The van der Waals surface area contributed by atoms with Gasteiger partial charge in [-0.3, -0.25) is 0 Å². The second-order valence-electron chi connectivity index (χ2n) is 4.83. The summed E-state index contributed by atoms with van der Waals surface area (Å²) in [5, 5.41) is 1.08. The lowest BCUT2D eigenvalue weighted by Gasteiger charge is -2.40. The topological polar surface area (TPSA) is 70.8 Å². The van der Waals surface area contributed by atoms with E-state index in [4.69, 9.17) is 5.73 Å². The van der Waals surface area contributed by atoms with Gasteiger partial charge < -0.3 is 15.6 Å². The van der Waals surface area contributed by atoms with Gasteiger partial charge in [-0.05, 0) is 25.8 Å². The predicted molar refractivity (Wildman–Crippen MR) is 68.0 cm³/mol. The number of fused-ring (bicyclic) bond motifs is 1. The molecule has 5 nitrogen and oxygen atoms in total. The number of aryl methyl sites for hydroxylation is 1. The highest BCUT2D eigenvalue weighted by molar-refractivity contribution is 5.87. The van der Waals surface area contributed by atoms with Crippen LogP contribution in [-0.2, 0) is 0 Å². The van der Waals surface area contributed by atoms with E-state index >= 15 is 0 Å². The summed E-state index contributed by atoms with van der Waals surface area (Å²) in [6.45, 7) is 1.92. The fourth-order valence-electron chi connectivity index (χ4n) is 2.42. The van der Waals surface area contributed by atoms with Crippen molar-refractivity contribution >= 4 is 16.9 Å². The molecule has 0 radical (unpaired) electrons. The molecule has 1 aliphatic rings. The first-order valence-electron chi connectivity index (χ1n) is 5.95. The molecule has 0 aromatic carbocycles. The molecule has 90 valence electrons. The first-order chi connectivity index (χ1) is 8.15. The summed E-state index contributed by atoms with van der Waals surface area (Å²) >= 11 is 0. The van der Waals surface area contributed by atoms with Crippen LogP contribution < -0.4 is 10.6 Å². The van der Waals surface area contributed by atoms with Crippen LogP contribution in [0.4, 0.5) is 5.82 Å². The van der Waals surface area contributed by atoms with Crippen LogP contribution in [0.5, 0.6) is 0 Å². The zero-order chi connectivity index (χ0) is 12.0. The predicted octanol–water partition coefficient (Wildman–Crippen LogP) is 1.19. The second-order valence-corrected chi connectivity index (χ2v) is 4.83. The first-order valence-corrected chi connectivity index (χ1v) is 5.95. The third-order valence-corrected chi connectivity index (χ3v) is 3.54. The average Bonchev–Trinajstić information content (AvgIpc) is 2.70. The summed E-state index contributed by atoms with van der Waals surface area (Å²) in [5.41, 5.74) is 6.75. The number of nitrogens with zero attached hydrogens (tertiary/aromatic N) is 3. The largest absolute Gasteiger partial charge is 0.356 e. The van der Waals surface area contributed by atoms with Crippen molar-refractivity contribution in [1.82, 2.24) is 15.0 Å². The maximum Gasteiger partial charge on any atom is 0.143 e. The number of hydrogen-bond donors (Lipinski definition) is 2. The summed E-state index contributed by atoms with van der Waals surface area (Å²) in [6, 6.07) is 2.89. The van der Waals surface area contributed by atoms with E-state index in [2.05, 4.69) is 26.9 Å².